The SMILES string of the molecule is Cc1cccc(C(=O)OCC(=O)N2C[C@@]3(C)C[C@@H]2CC(C)(C)C3)c1[N+](=O)[O-]. The maximum Gasteiger partial charge on any atom is 0.345 e. The number of likely N-dealkylation sites (tertiary alicyclic amines) is 1. The van der Waals surface area contributed by atoms with Crippen LogP contribution in [0.1, 0.15) is 56.0 Å². The Bertz CT molecular complexity index is 804. The first-order valence-corrected chi connectivity index (χ1v) is 9.22. The van der Waals surface area contributed by atoms with E-state index in [0.29, 0.717) is 12.1 Å². The molecule has 1 aromatic carbocycles. The number of nitro benzene ring substituents is 1. The lowest BCUT2D eigenvalue weighted by Gasteiger charge is -2.39. The quantitative estimate of drug-likeness (QED) is 0.457. The number of ether oxygens (including phenoxy) is 1. The Balaban J connectivity index is 1.68. The molecule has 7 nitrogen and oxygen atoms in total. The summed E-state index contributed by atoms with van der Waals surface area (Å²) in [7, 11) is 0. The molecule has 0 N–H and O–H groups in total. The smallest absolute Gasteiger partial charge is 0.345 e. The third kappa shape index (κ3) is 3.82. The van der Waals surface area contributed by atoms with Gasteiger partial charge in [-0.05, 0) is 43.1 Å². The van der Waals surface area contributed by atoms with Gasteiger partial charge in [0, 0.05) is 18.2 Å². The van der Waals surface area contributed by atoms with E-state index >= 15 is 0 Å². The van der Waals surface area contributed by atoms with Crippen molar-refractivity contribution in [3.8, 4) is 0 Å². The summed E-state index contributed by atoms with van der Waals surface area (Å²) < 4.78 is 5.15. The normalized spacial score (nSPS) is 25.9. The number of carbonyl (C=O) groups excluding carboxylic acids is 2. The molecule has 2 atom stereocenters. The molecule has 1 amide bonds. The van der Waals surface area contributed by atoms with Gasteiger partial charge in [-0.1, -0.05) is 32.9 Å². The molecule has 2 aliphatic rings. The van der Waals surface area contributed by atoms with E-state index in [-0.39, 0.29) is 34.0 Å². The van der Waals surface area contributed by atoms with Gasteiger partial charge in [-0.3, -0.25) is 14.9 Å². The minimum atomic E-state index is -0.840. The summed E-state index contributed by atoms with van der Waals surface area (Å²) in [5.41, 5.74) is 0.263. The van der Waals surface area contributed by atoms with Gasteiger partial charge in [-0.15, -0.1) is 0 Å². The summed E-state index contributed by atoms with van der Waals surface area (Å²) in [5, 5.41) is 11.2. The fourth-order valence-corrected chi connectivity index (χ4v) is 5.11. The number of benzene rings is 1. The van der Waals surface area contributed by atoms with Gasteiger partial charge in [0.1, 0.15) is 5.56 Å². The summed E-state index contributed by atoms with van der Waals surface area (Å²) in [4.78, 5) is 37.5. The van der Waals surface area contributed by atoms with Gasteiger partial charge >= 0.3 is 5.97 Å². The molecule has 1 saturated carbocycles. The maximum atomic E-state index is 12.7. The first kappa shape index (κ1) is 19.3. The van der Waals surface area contributed by atoms with Crippen molar-refractivity contribution in [1.29, 1.82) is 0 Å². The molecule has 1 saturated heterocycles. The highest BCUT2D eigenvalue weighted by Gasteiger charge is 2.51. The Morgan fingerprint density at radius 2 is 2.00 bits per heavy atom. The van der Waals surface area contributed by atoms with E-state index in [1.807, 2.05) is 4.90 Å². The number of carbonyl (C=O) groups is 2. The van der Waals surface area contributed by atoms with Crippen LogP contribution in [-0.2, 0) is 9.53 Å². The molecule has 1 aliphatic heterocycles. The molecular weight excluding hydrogens is 348 g/mol. The Hall–Kier alpha value is -2.44. The molecule has 1 aliphatic carbocycles. The molecule has 0 aromatic heterocycles. The summed E-state index contributed by atoms with van der Waals surface area (Å²) in [6.45, 7) is 8.49. The number of esters is 1. The van der Waals surface area contributed by atoms with Crippen LogP contribution in [0.2, 0.25) is 0 Å². The fraction of sp³-hybridized carbons (Fsp3) is 0.600. The monoisotopic (exact) mass is 374 g/mol. The van der Waals surface area contributed by atoms with Crippen LogP contribution in [0.25, 0.3) is 0 Å². The van der Waals surface area contributed by atoms with Crippen molar-refractivity contribution in [3.05, 3.63) is 39.4 Å². The zero-order valence-corrected chi connectivity index (χ0v) is 16.3. The molecule has 0 unspecified atom stereocenters. The number of nitrogens with zero attached hydrogens (tertiary/aromatic N) is 2. The molecular formula is C20H26N2O5. The molecule has 2 bridgehead atoms. The third-order valence-electron chi connectivity index (χ3n) is 5.70. The Labute approximate surface area is 158 Å². The second kappa shape index (κ2) is 6.62. The lowest BCUT2D eigenvalue weighted by atomic mass is 9.65. The van der Waals surface area contributed by atoms with E-state index < -0.39 is 17.5 Å². The number of amides is 1. The molecule has 146 valence electrons. The molecule has 27 heavy (non-hydrogen) atoms. The molecule has 0 radical (unpaired) electrons. The highest BCUT2D eigenvalue weighted by molar-refractivity contribution is 5.95. The van der Waals surface area contributed by atoms with Crippen molar-refractivity contribution < 1.29 is 19.2 Å². The second-order valence-electron chi connectivity index (χ2n) is 9.04. The van der Waals surface area contributed by atoms with E-state index in [0.717, 1.165) is 19.3 Å². The standard InChI is InChI=1S/C20H26N2O5/c1-13-6-5-7-15(17(13)22(25)26)18(24)27-10-16(23)21-12-20(4)9-14(21)8-19(2,3)11-20/h5-7,14H,8-12H2,1-4H3/t14-,20-/m0/s1. The zero-order valence-electron chi connectivity index (χ0n) is 16.3. The van der Waals surface area contributed by atoms with E-state index in [1.54, 1.807) is 19.1 Å². The van der Waals surface area contributed by atoms with Crippen LogP contribution < -0.4 is 0 Å². The number of para-hydroxylation sites is 1. The molecule has 3 rings (SSSR count). The van der Waals surface area contributed by atoms with Crippen molar-refractivity contribution in [3.63, 3.8) is 0 Å². The lowest BCUT2D eigenvalue weighted by Crippen LogP contribution is -2.39. The third-order valence-corrected chi connectivity index (χ3v) is 5.70. The maximum absolute atomic E-state index is 12.7. The van der Waals surface area contributed by atoms with Crippen LogP contribution in [0.15, 0.2) is 18.2 Å². The largest absolute Gasteiger partial charge is 0.452 e. The van der Waals surface area contributed by atoms with Gasteiger partial charge in [-0.2, -0.15) is 0 Å². The van der Waals surface area contributed by atoms with Gasteiger partial charge in [-0.25, -0.2) is 4.79 Å². The van der Waals surface area contributed by atoms with Gasteiger partial charge in [0.2, 0.25) is 0 Å². The average Bonchev–Trinajstić information content (AvgIpc) is 2.80. The van der Waals surface area contributed by atoms with Crippen molar-refractivity contribution in [1.82, 2.24) is 4.90 Å². The Morgan fingerprint density at radius 1 is 1.30 bits per heavy atom. The number of hydrogen-bond donors (Lipinski definition) is 0. The van der Waals surface area contributed by atoms with Crippen molar-refractivity contribution in [2.75, 3.05) is 13.2 Å². The number of aryl methyl sites for hydroxylation is 1. The molecule has 0 spiro atoms. The van der Waals surface area contributed by atoms with Gasteiger partial charge in [0.15, 0.2) is 6.61 Å². The van der Waals surface area contributed by atoms with Crippen LogP contribution in [0.4, 0.5) is 5.69 Å². The number of fused-ring (bicyclic) bond motifs is 2. The van der Waals surface area contributed by atoms with Gasteiger partial charge in [0.05, 0.1) is 4.92 Å². The Kier molecular flexibility index (Phi) is 4.74. The summed E-state index contributed by atoms with van der Waals surface area (Å²) in [5.74, 6) is -1.07. The highest BCUT2D eigenvalue weighted by atomic mass is 16.6. The van der Waals surface area contributed by atoms with E-state index in [2.05, 4.69) is 20.8 Å². The predicted octanol–water partition coefficient (Wildman–Crippen LogP) is 3.49. The topological polar surface area (TPSA) is 89.8 Å². The van der Waals surface area contributed by atoms with Crippen molar-refractivity contribution in [2.45, 2.75) is 53.0 Å². The molecule has 1 heterocycles. The zero-order chi connectivity index (χ0) is 20.0. The number of nitro groups is 1. The molecule has 1 aromatic rings. The first-order valence-electron chi connectivity index (χ1n) is 9.22. The fourth-order valence-electron chi connectivity index (χ4n) is 5.11. The van der Waals surface area contributed by atoms with Crippen LogP contribution in [0, 0.1) is 27.9 Å². The Morgan fingerprint density at radius 3 is 2.67 bits per heavy atom. The highest BCUT2D eigenvalue weighted by Crippen LogP contribution is 2.52. The second-order valence-corrected chi connectivity index (χ2v) is 9.04. The summed E-state index contributed by atoms with van der Waals surface area (Å²) in [6, 6.07) is 4.64. The first-order chi connectivity index (χ1) is 12.5. The van der Waals surface area contributed by atoms with Crippen LogP contribution in [0.3, 0.4) is 0 Å². The summed E-state index contributed by atoms with van der Waals surface area (Å²) in [6.07, 6.45) is 2.97. The minimum Gasteiger partial charge on any atom is -0.452 e. The number of hydrogen-bond acceptors (Lipinski definition) is 5. The van der Waals surface area contributed by atoms with Crippen molar-refractivity contribution >= 4 is 17.6 Å². The number of rotatable bonds is 4. The van der Waals surface area contributed by atoms with Crippen LogP contribution in [-0.4, -0.2) is 40.9 Å². The lowest BCUT2D eigenvalue weighted by molar-refractivity contribution is -0.385. The van der Waals surface area contributed by atoms with Gasteiger partial charge < -0.3 is 9.64 Å². The van der Waals surface area contributed by atoms with Crippen LogP contribution >= 0.6 is 0 Å². The molecule has 2 fully saturated rings. The predicted molar refractivity (Wildman–Crippen MR) is 99.4 cm³/mol. The van der Waals surface area contributed by atoms with E-state index in [4.69, 9.17) is 4.74 Å². The summed E-state index contributed by atoms with van der Waals surface area (Å²) >= 11 is 0. The van der Waals surface area contributed by atoms with Crippen molar-refractivity contribution in [2.24, 2.45) is 10.8 Å². The van der Waals surface area contributed by atoms with E-state index in [9.17, 15) is 19.7 Å². The minimum absolute atomic E-state index is 0.0986. The molecule has 7 heteroatoms. The van der Waals surface area contributed by atoms with E-state index in [1.165, 1.54) is 6.07 Å². The average molecular weight is 374 g/mol. The van der Waals surface area contributed by atoms with Crippen LogP contribution in [0.5, 0.6) is 0 Å². The van der Waals surface area contributed by atoms with Gasteiger partial charge in [0.25, 0.3) is 11.6 Å².